The summed E-state index contributed by atoms with van der Waals surface area (Å²) in [6.07, 6.45) is -10.2. The summed E-state index contributed by atoms with van der Waals surface area (Å²) in [5, 5.41) is 110. The third-order valence-electron chi connectivity index (χ3n) is 15.7. The van der Waals surface area contributed by atoms with E-state index in [1.807, 2.05) is 6.92 Å². The molecule has 0 aromatic heterocycles. The lowest BCUT2D eigenvalue weighted by atomic mass is 9.41. The van der Waals surface area contributed by atoms with Gasteiger partial charge >= 0.3 is 0 Å². The SMILES string of the molecule is CO[C@@H]1[C@@H](O)[C@H](OCC[C@@H](CC[C@@H](C)[C@H]2[C@@H](O)[C@@H](O)[C@@H]3[C@]2(C)CCC2[C@@]4(C)CC[C@H](O)[C@H](O)C4[C@@H](O)C[C@]23O)C(C)C)OC[C@H]1O[C@@H]1OC[C@H](O)[C@H](O)[C@H]1O. The second kappa shape index (κ2) is 16.8. The van der Waals surface area contributed by atoms with Crippen molar-refractivity contribution in [2.45, 2.75) is 171 Å². The molecule has 2 saturated heterocycles. The lowest BCUT2D eigenvalue weighted by Crippen LogP contribution is -2.71. The van der Waals surface area contributed by atoms with Gasteiger partial charge in [-0.3, -0.25) is 0 Å². The van der Waals surface area contributed by atoms with Crippen LogP contribution in [0.25, 0.3) is 0 Å². The van der Waals surface area contributed by atoms with Crippen molar-refractivity contribution in [1.82, 2.24) is 0 Å². The molecule has 0 radical (unpaired) electrons. The van der Waals surface area contributed by atoms with Crippen LogP contribution in [-0.4, -0.2) is 163 Å². The second-order valence-electron chi connectivity index (χ2n) is 19.0. The van der Waals surface area contributed by atoms with Gasteiger partial charge in [-0.1, -0.05) is 41.0 Å². The molecule has 4 aliphatic carbocycles. The van der Waals surface area contributed by atoms with Crippen LogP contribution < -0.4 is 0 Å². The number of aliphatic hydroxyl groups is 10. The first kappa shape index (κ1) is 44.0. The third kappa shape index (κ3) is 7.70. The zero-order valence-corrected chi connectivity index (χ0v) is 33.3. The summed E-state index contributed by atoms with van der Waals surface area (Å²) in [7, 11) is 1.41. The fourth-order valence-corrected chi connectivity index (χ4v) is 12.8. The predicted molar refractivity (Wildman–Crippen MR) is 195 cm³/mol. The highest BCUT2D eigenvalue weighted by Gasteiger charge is 2.73. The summed E-state index contributed by atoms with van der Waals surface area (Å²) in [5.74, 6) is -1.29. The van der Waals surface area contributed by atoms with E-state index in [4.69, 9.17) is 23.7 Å². The van der Waals surface area contributed by atoms with Crippen LogP contribution in [0, 0.1) is 52.3 Å². The summed E-state index contributed by atoms with van der Waals surface area (Å²) in [5.41, 5.74) is -2.66. The molecule has 10 N–H and O–H groups in total. The van der Waals surface area contributed by atoms with Gasteiger partial charge in [-0.2, -0.15) is 0 Å². The maximum Gasteiger partial charge on any atom is 0.186 e. The van der Waals surface area contributed by atoms with E-state index in [9.17, 15) is 51.1 Å². The topological polar surface area (TPSA) is 248 Å². The minimum atomic E-state index is -1.50. The molecule has 15 nitrogen and oxygen atoms in total. The highest BCUT2D eigenvalue weighted by molar-refractivity contribution is 5.22. The number of ether oxygens (including phenoxy) is 5. The molecule has 0 amide bonds. The lowest BCUT2D eigenvalue weighted by molar-refractivity contribution is -0.331. The zero-order chi connectivity index (χ0) is 40.4. The van der Waals surface area contributed by atoms with Gasteiger partial charge in [0.05, 0.1) is 55.9 Å². The first-order valence-corrected chi connectivity index (χ1v) is 20.7. The molecule has 320 valence electrons. The van der Waals surface area contributed by atoms with Crippen LogP contribution in [0.3, 0.4) is 0 Å². The van der Waals surface area contributed by atoms with Crippen molar-refractivity contribution in [3.05, 3.63) is 0 Å². The van der Waals surface area contributed by atoms with Crippen LogP contribution in [-0.2, 0) is 23.7 Å². The first-order valence-electron chi connectivity index (χ1n) is 20.7. The summed E-state index contributed by atoms with van der Waals surface area (Å²) in [4.78, 5) is 0. The molecular formula is C40H70O15. The Labute approximate surface area is 324 Å². The standard InChI is InChI=1S/C40H70O15/c1-18(2)20(11-14-52-36-33(49)34(51-6)24(17-54-36)55-37-32(48)29(45)23(43)16-53-37)8-7-19(3)26-30(46)31(47)35-39(26,5)13-10-25-38(4)12-9-21(41)28(44)27(38)22(42)15-40(25,35)50/h18-37,41-50H,7-17H2,1-6H3/t19-,20-,21+,22+,23+,24-,25?,26+,27?,28+,29+,30-,31-,32-,33-,34+,35-,36-,37+,38-,39-,40+/m1/s1. The van der Waals surface area contributed by atoms with E-state index >= 15 is 0 Å². The van der Waals surface area contributed by atoms with E-state index in [0.29, 0.717) is 44.6 Å². The van der Waals surface area contributed by atoms with Crippen LogP contribution in [0.5, 0.6) is 0 Å². The molecular weight excluding hydrogens is 720 g/mol. The van der Waals surface area contributed by atoms with Crippen molar-refractivity contribution in [2.75, 3.05) is 26.9 Å². The molecule has 55 heavy (non-hydrogen) atoms. The Morgan fingerprint density at radius 2 is 1.36 bits per heavy atom. The Hall–Kier alpha value is -0.600. The molecule has 0 bridgehead atoms. The number of hydrogen-bond donors (Lipinski definition) is 10. The van der Waals surface area contributed by atoms with Crippen LogP contribution in [0.15, 0.2) is 0 Å². The van der Waals surface area contributed by atoms with Crippen LogP contribution >= 0.6 is 0 Å². The lowest BCUT2D eigenvalue weighted by Gasteiger charge is -2.66. The normalized spacial score (nSPS) is 52.6. The average molecular weight is 791 g/mol. The van der Waals surface area contributed by atoms with E-state index < -0.39 is 108 Å². The van der Waals surface area contributed by atoms with Crippen molar-refractivity contribution in [1.29, 1.82) is 0 Å². The Balaban J connectivity index is 1.05. The summed E-state index contributed by atoms with van der Waals surface area (Å²) in [6.45, 7) is 10.5. The Morgan fingerprint density at radius 1 is 0.691 bits per heavy atom. The van der Waals surface area contributed by atoms with E-state index in [2.05, 4.69) is 27.7 Å². The van der Waals surface area contributed by atoms with Gasteiger partial charge in [0, 0.05) is 25.4 Å². The maximum absolute atomic E-state index is 12.6. The smallest absolute Gasteiger partial charge is 0.186 e. The Morgan fingerprint density at radius 3 is 2.04 bits per heavy atom. The molecule has 6 rings (SSSR count). The Kier molecular flexibility index (Phi) is 13.4. The first-order chi connectivity index (χ1) is 25.8. The molecule has 2 aliphatic heterocycles. The molecule has 2 heterocycles. The number of fused-ring (bicyclic) bond motifs is 5. The van der Waals surface area contributed by atoms with Gasteiger partial charge in [-0.25, -0.2) is 0 Å². The molecule has 15 heteroatoms. The number of methoxy groups -OCH3 is 1. The van der Waals surface area contributed by atoms with Gasteiger partial charge in [0.25, 0.3) is 0 Å². The van der Waals surface area contributed by atoms with Crippen molar-refractivity contribution in [2.24, 2.45) is 52.3 Å². The molecule has 6 fully saturated rings. The molecule has 6 aliphatic rings. The minimum Gasteiger partial charge on any atom is -0.393 e. The van der Waals surface area contributed by atoms with E-state index in [1.54, 1.807) is 0 Å². The summed E-state index contributed by atoms with van der Waals surface area (Å²) >= 11 is 0. The molecule has 0 aromatic rings. The van der Waals surface area contributed by atoms with Crippen molar-refractivity contribution in [3.63, 3.8) is 0 Å². The van der Waals surface area contributed by atoms with Crippen molar-refractivity contribution in [3.8, 4) is 0 Å². The highest BCUT2D eigenvalue weighted by Crippen LogP contribution is 2.70. The Bertz CT molecular complexity index is 1280. The van der Waals surface area contributed by atoms with Gasteiger partial charge < -0.3 is 74.7 Å². The van der Waals surface area contributed by atoms with Gasteiger partial charge in [0.15, 0.2) is 12.6 Å². The summed E-state index contributed by atoms with van der Waals surface area (Å²) in [6, 6.07) is 0. The van der Waals surface area contributed by atoms with Crippen LogP contribution in [0.1, 0.15) is 86.0 Å². The van der Waals surface area contributed by atoms with Crippen molar-refractivity contribution >= 4 is 0 Å². The monoisotopic (exact) mass is 790 g/mol. The largest absolute Gasteiger partial charge is 0.393 e. The fraction of sp³-hybridized carbons (Fsp3) is 1.00. The molecule has 0 aromatic carbocycles. The molecule has 0 spiro atoms. The third-order valence-corrected chi connectivity index (χ3v) is 15.7. The number of rotatable bonds is 12. The number of hydrogen-bond acceptors (Lipinski definition) is 15. The molecule has 4 saturated carbocycles. The molecule has 2 unspecified atom stereocenters. The van der Waals surface area contributed by atoms with Gasteiger partial charge in [0.1, 0.15) is 36.6 Å². The predicted octanol–water partition coefficient (Wildman–Crippen LogP) is -0.344. The number of aliphatic hydroxyl groups excluding tert-OH is 9. The maximum atomic E-state index is 12.6. The van der Waals surface area contributed by atoms with E-state index in [0.717, 1.165) is 12.8 Å². The average Bonchev–Trinajstić information content (AvgIpc) is 3.33. The highest BCUT2D eigenvalue weighted by atomic mass is 16.7. The van der Waals surface area contributed by atoms with Crippen LogP contribution in [0.2, 0.25) is 0 Å². The van der Waals surface area contributed by atoms with Gasteiger partial charge in [-0.15, -0.1) is 0 Å². The zero-order valence-electron chi connectivity index (χ0n) is 33.3. The quantitative estimate of drug-likeness (QED) is 0.122. The minimum absolute atomic E-state index is 0.00407. The molecule has 22 atom stereocenters. The van der Waals surface area contributed by atoms with E-state index in [-0.39, 0.29) is 43.3 Å². The fourth-order valence-electron chi connectivity index (χ4n) is 12.8. The van der Waals surface area contributed by atoms with Gasteiger partial charge in [0.2, 0.25) is 0 Å². The summed E-state index contributed by atoms with van der Waals surface area (Å²) < 4.78 is 28.5. The second-order valence-corrected chi connectivity index (χ2v) is 19.0. The van der Waals surface area contributed by atoms with Crippen LogP contribution in [0.4, 0.5) is 0 Å². The van der Waals surface area contributed by atoms with Gasteiger partial charge in [-0.05, 0) is 78.9 Å². The van der Waals surface area contributed by atoms with Crippen molar-refractivity contribution < 1.29 is 74.7 Å². The van der Waals surface area contributed by atoms with E-state index in [1.165, 1.54) is 7.11 Å².